The van der Waals surface area contributed by atoms with Crippen molar-refractivity contribution >= 4 is 31.8 Å². The lowest BCUT2D eigenvalue weighted by Crippen LogP contribution is -2.45. The maximum absolute atomic E-state index is 12.7. The zero-order valence-electron chi connectivity index (χ0n) is 10.8. The molecule has 2 rings (SSSR count). The third-order valence-corrected chi connectivity index (χ3v) is 5.73. The van der Waals surface area contributed by atoms with Crippen LogP contribution < -0.4 is 11.3 Å². The van der Waals surface area contributed by atoms with Crippen molar-refractivity contribution in [1.82, 2.24) is 9.29 Å². The van der Waals surface area contributed by atoms with Crippen LogP contribution in [0.25, 0.3) is 0 Å². The van der Waals surface area contributed by atoms with Crippen molar-refractivity contribution in [1.29, 1.82) is 0 Å². The summed E-state index contributed by atoms with van der Waals surface area (Å²) < 4.78 is 27.4. The molecule has 1 aliphatic heterocycles. The van der Waals surface area contributed by atoms with Crippen molar-refractivity contribution in [3.8, 4) is 0 Å². The summed E-state index contributed by atoms with van der Waals surface area (Å²) in [4.78, 5) is 3.97. The normalized spacial score (nSPS) is 20.9. The van der Waals surface area contributed by atoms with Crippen LogP contribution in [0.1, 0.15) is 19.3 Å². The molecule has 1 fully saturated rings. The smallest absolute Gasteiger partial charge is 0.247 e. The van der Waals surface area contributed by atoms with Crippen molar-refractivity contribution in [2.24, 2.45) is 5.84 Å². The highest BCUT2D eigenvalue weighted by molar-refractivity contribution is 9.10. The van der Waals surface area contributed by atoms with E-state index in [1.54, 1.807) is 0 Å². The molecule has 1 saturated heterocycles. The molecular formula is C11H17BrN4O3S. The molecule has 112 valence electrons. The number of nitrogen functional groups attached to an aromatic ring is 1. The third kappa shape index (κ3) is 2.96. The zero-order chi connectivity index (χ0) is 14.8. The average molecular weight is 365 g/mol. The van der Waals surface area contributed by atoms with E-state index in [4.69, 9.17) is 5.84 Å². The number of nitrogens with two attached hydrogens (primary N) is 1. The molecule has 1 aliphatic rings. The van der Waals surface area contributed by atoms with E-state index in [1.165, 1.54) is 16.6 Å². The van der Waals surface area contributed by atoms with E-state index in [2.05, 4.69) is 26.3 Å². The van der Waals surface area contributed by atoms with E-state index < -0.39 is 16.1 Å². The summed E-state index contributed by atoms with van der Waals surface area (Å²) in [5.74, 6) is 5.43. The second kappa shape index (κ2) is 6.35. The van der Waals surface area contributed by atoms with Gasteiger partial charge in [-0.25, -0.2) is 19.2 Å². The maximum atomic E-state index is 12.7. The van der Waals surface area contributed by atoms with Crippen LogP contribution in [0.4, 0.5) is 5.82 Å². The number of hydrazine groups is 1. The predicted molar refractivity (Wildman–Crippen MR) is 78.4 cm³/mol. The lowest BCUT2D eigenvalue weighted by molar-refractivity contribution is 0.155. The van der Waals surface area contributed by atoms with Gasteiger partial charge in [0.25, 0.3) is 0 Å². The fourth-order valence-electron chi connectivity index (χ4n) is 2.33. The van der Waals surface area contributed by atoms with Gasteiger partial charge in [-0.05, 0) is 34.8 Å². The number of sulfonamides is 1. The Morgan fingerprint density at radius 1 is 1.55 bits per heavy atom. The summed E-state index contributed by atoms with van der Waals surface area (Å²) in [6.45, 7) is 0.204. The molecule has 0 aromatic carbocycles. The summed E-state index contributed by atoms with van der Waals surface area (Å²) in [6.07, 6.45) is 3.81. The van der Waals surface area contributed by atoms with Crippen molar-refractivity contribution in [3.05, 3.63) is 16.7 Å². The van der Waals surface area contributed by atoms with Gasteiger partial charge in [0.05, 0.1) is 6.61 Å². The predicted octanol–water partition coefficient (Wildman–Crippen LogP) is 0.665. The van der Waals surface area contributed by atoms with E-state index in [-0.39, 0.29) is 17.3 Å². The fraction of sp³-hybridized carbons (Fsp3) is 0.545. The van der Waals surface area contributed by atoms with E-state index >= 15 is 0 Å². The number of rotatable bonds is 4. The quantitative estimate of drug-likeness (QED) is 0.535. The molecule has 1 unspecified atom stereocenters. The molecule has 0 aliphatic carbocycles. The van der Waals surface area contributed by atoms with Gasteiger partial charge in [-0.15, -0.1) is 0 Å². The number of pyridine rings is 1. The van der Waals surface area contributed by atoms with Crippen LogP contribution >= 0.6 is 15.9 Å². The highest BCUT2D eigenvalue weighted by atomic mass is 79.9. The number of anilines is 1. The summed E-state index contributed by atoms with van der Waals surface area (Å²) in [6, 6.07) is 1.07. The molecule has 1 aromatic heterocycles. The molecule has 4 N–H and O–H groups in total. The first-order valence-corrected chi connectivity index (χ1v) is 8.49. The highest BCUT2D eigenvalue weighted by Gasteiger charge is 2.35. The van der Waals surface area contributed by atoms with Gasteiger partial charge in [-0.1, -0.05) is 6.42 Å². The number of hydrogen-bond acceptors (Lipinski definition) is 6. The van der Waals surface area contributed by atoms with Crippen LogP contribution in [0.2, 0.25) is 0 Å². The zero-order valence-corrected chi connectivity index (χ0v) is 13.2. The first kappa shape index (κ1) is 15.6. The van der Waals surface area contributed by atoms with Gasteiger partial charge in [0.1, 0.15) is 4.90 Å². The minimum Gasteiger partial charge on any atom is -0.395 e. The summed E-state index contributed by atoms with van der Waals surface area (Å²) in [5.41, 5.74) is 2.30. The first-order chi connectivity index (χ1) is 9.50. The third-order valence-electron chi connectivity index (χ3n) is 3.33. The van der Waals surface area contributed by atoms with Crippen molar-refractivity contribution in [2.45, 2.75) is 30.2 Å². The highest BCUT2D eigenvalue weighted by Crippen LogP contribution is 2.29. The lowest BCUT2D eigenvalue weighted by atomic mass is 10.1. The summed E-state index contributed by atoms with van der Waals surface area (Å²) >= 11 is 3.21. The Labute approximate surface area is 126 Å². The Bertz CT molecular complexity index is 581. The van der Waals surface area contributed by atoms with Crippen LogP contribution in [0.15, 0.2) is 21.6 Å². The summed E-state index contributed by atoms with van der Waals surface area (Å²) in [7, 11) is -3.75. The molecule has 0 spiro atoms. The second-order valence-electron chi connectivity index (χ2n) is 4.59. The second-order valence-corrected chi connectivity index (χ2v) is 7.37. The largest absolute Gasteiger partial charge is 0.395 e. The lowest BCUT2D eigenvalue weighted by Gasteiger charge is -2.33. The van der Waals surface area contributed by atoms with Gasteiger partial charge < -0.3 is 10.5 Å². The molecule has 2 heterocycles. The van der Waals surface area contributed by atoms with E-state index in [0.717, 1.165) is 12.8 Å². The van der Waals surface area contributed by atoms with E-state index in [0.29, 0.717) is 17.4 Å². The molecule has 20 heavy (non-hydrogen) atoms. The summed E-state index contributed by atoms with van der Waals surface area (Å²) in [5, 5.41) is 9.38. The Balaban J connectivity index is 2.46. The standard InChI is InChI=1S/C11H17BrN4O3S/c12-8-5-10(11(15-13)14-6-8)20(18,19)16-4-2-1-3-9(16)7-17/h5-6,9,17H,1-4,7,13H2,(H,14,15). The number of aliphatic hydroxyl groups excluding tert-OH is 1. The number of halogens is 1. The minimum absolute atomic E-state index is 0.00900. The van der Waals surface area contributed by atoms with Crippen LogP contribution in [0.3, 0.4) is 0 Å². The van der Waals surface area contributed by atoms with Gasteiger partial charge in [-0.2, -0.15) is 4.31 Å². The number of nitrogens with one attached hydrogen (secondary N) is 1. The molecule has 1 aromatic rings. The molecule has 9 heteroatoms. The van der Waals surface area contributed by atoms with Gasteiger partial charge in [-0.3, -0.25) is 0 Å². The van der Waals surface area contributed by atoms with Crippen molar-refractivity contribution < 1.29 is 13.5 Å². The van der Waals surface area contributed by atoms with Gasteiger partial charge in [0.15, 0.2) is 5.82 Å². The minimum atomic E-state index is -3.75. The van der Waals surface area contributed by atoms with Crippen LogP contribution in [0.5, 0.6) is 0 Å². The first-order valence-electron chi connectivity index (χ1n) is 6.25. The molecule has 7 nitrogen and oxygen atoms in total. The molecule has 0 saturated carbocycles. The SMILES string of the molecule is NNc1ncc(Br)cc1S(=O)(=O)N1CCCCC1CO. The Kier molecular flexibility index (Phi) is 4.97. The molecule has 1 atom stereocenters. The number of nitrogens with zero attached hydrogens (tertiary/aromatic N) is 2. The average Bonchev–Trinajstić information content (AvgIpc) is 2.47. The Hall–Kier alpha value is -0.740. The number of aromatic nitrogens is 1. The van der Waals surface area contributed by atoms with Crippen LogP contribution in [0, 0.1) is 0 Å². The Morgan fingerprint density at radius 3 is 2.95 bits per heavy atom. The maximum Gasteiger partial charge on any atom is 0.247 e. The van der Waals surface area contributed by atoms with E-state index in [9.17, 15) is 13.5 Å². The monoisotopic (exact) mass is 364 g/mol. The fourth-order valence-corrected chi connectivity index (χ4v) is 4.63. The van der Waals surface area contributed by atoms with E-state index in [1.807, 2.05) is 0 Å². The number of hydrogen-bond donors (Lipinski definition) is 3. The topological polar surface area (TPSA) is 109 Å². The molecular weight excluding hydrogens is 348 g/mol. The number of piperidine rings is 1. The van der Waals surface area contributed by atoms with Crippen LogP contribution in [-0.2, 0) is 10.0 Å². The molecule has 0 amide bonds. The molecule has 0 bridgehead atoms. The Morgan fingerprint density at radius 2 is 2.30 bits per heavy atom. The molecule has 0 radical (unpaired) electrons. The van der Waals surface area contributed by atoms with Gasteiger partial charge in [0.2, 0.25) is 10.0 Å². The number of aliphatic hydroxyl groups is 1. The van der Waals surface area contributed by atoms with Crippen molar-refractivity contribution in [3.63, 3.8) is 0 Å². The van der Waals surface area contributed by atoms with Gasteiger partial charge >= 0.3 is 0 Å². The van der Waals surface area contributed by atoms with Gasteiger partial charge in [0, 0.05) is 23.3 Å². The van der Waals surface area contributed by atoms with Crippen LogP contribution in [-0.4, -0.2) is 42.0 Å². The van der Waals surface area contributed by atoms with Crippen molar-refractivity contribution in [2.75, 3.05) is 18.6 Å².